The monoisotopic (exact) mass is 256 g/mol. The molecule has 0 atom stereocenters. The molecule has 0 aliphatic rings. The Hall–Kier alpha value is 0.370. The Morgan fingerprint density at radius 3 is 1.67 bits per heavy atom. The molecule has 0 bridgehead atoms. The Labute approximate surface area is 94.1 Å². The second-order valence-electron chi connectivity index (χ2n) is 2.24. The summed E-state index contributed by atoms with van der Waals surface area (Å²) in [6.07, 6.45) is 0. The van der Waals surface area contributed by atoms with Gasteiger partial charge in [-0.15, -0.1) is 9.05 Å². The second-order valence-corrected chi connectivity index (χ2v) is 4.94. The predicted molar refractivity (Wildman–Crippen MR) is 62.8 cm³/mol. The quantitative estimate of drug-likeness (QED) is 0.588. The Bertz CT molecular complexity index is 166. The van der Waals surface area contributed by atoms with Gasteiger partial charge in [-0.25, -0.2) is 0 Å². The maximum atomic E-state index is 5.34. The highest BCUT2D eigenvalue weighted by Gasteiger charge is 2.23. The van der Waals surface area contributed by atoms with Gasteiger partial charge in [0, 0.05) is 4.52 Å². The standard InChI is InChI=1S/C8H20NO4P2/c1-5-10-14(11-6-2)9-15(12-7-3)13-8-4/h5-8H2,1-4H3/q+1. The summed E-state index contributed by atoms with van der Waals surface area (Å²) < 4.78 is 25.6. The van der Waals surface area contributed by atoms with Crippen molar-refractivity contribution < 1.29 is 18.1 Å². The molecule has 0 aliphatic carbocycles. The zero-order valence-electron chi connectivity index (χ0n) is 9.80. The van der Waals surface area contributed by atoms with Gasteiger partial charge in [0.05, 0.1) is 13.2 Å². The van der Waals surface area contributed by atoms with E-state index in [-0.39, 0.29) is 0 Å². The molecule has 0 saturated heterocycles. The molecular formula is C8H20NO4P2+. The lowest BCUT2D eigenvalue weighted by Crippen LogP contribution is -1.89. The first kappa shape index (κ1) is 15.4. The highest BCUT2D eigenvalue weighted by Crippen LogP contribution is 2.48. The van der Waals surface area contributed by atoms with Crippen molar-refractivity contribution >= 4 is 16.7 Å². The molecule has 0 radical (unpaired) electrons. The molecule has 0 fully saturated rings. The van der Waals surface area contributed by atoms with Gasteiger partial charge in [0.1, 0.15) is 13.2 Å². The van der Waals surface area contributed by atoms with Gasteiger partial charge in [-0.3, -0.25) is 0 Å². The average Bonchev–Trinajstić information content (AvgIpc) is 2.19. The molecule has 90 valence electrons. The molecule has 0 aromatic rings. The molecule has 0 unspecified atom stereocenters. The normalized spacial score (nSPS) is 10.7. The van der Waals surface area contributed by atoms with Crippen LogP contribution in [0.1, 0.15) is 27.7 Å². The van der Waals surface area contributed by atoms with E-state index in [1.165, 1.54) is 0 Å². The molecule has 0 aliphatic heterocycles. The molecule has 7 heteroatoms. The molecule has 0 N–H and O–H groups in total. The summed E-state index contributed by atoms with van der Waals surface area (Å²) >= 11 is 0. The van der Waals surface area contributed by atoms with Crippen LogP contribution in [0.5, 0.6) is 0 Å². The van der Waals surface area contributed by atoms with Crippen molar-refractivity contribution in [3.63, 3.8) is 0 Å². The zero-order chi connectivity index (χ0) is 11.5. The molecule has 15 heavy (non-hydrogen) atoms. The molecule has 0 spiro atoms. The van der Waals surface area contributed by atoms with Crippen molar-refractivity contribution in [1.29, 1.82) is 0 Å². The topological polar surface area (TPSA) is 49.3 Å². The maximum Gasteiger partial charge on any atom is 0.568 e. The van der Waals surface area contributed by atoms with Gasteiger partial charge in [-0.2, -0.15) is 0 Å². The van der Waals surface area contributed by atoms with E-state index in [9.17, 15) is 0 Å². The molecule has 0 rings (SSSR count). The van der Waals surface area contributed by atoms with Gasteiger partial charge in [0.15, 0.2) is 0 Å². The van der Waals surface area contributed by atoms with Gasteiger partial charge in [-0.1, -0.05) is 0 Å². The fraction of sp³-hybridized carbons (Fsp3) is 1.00. The minimum Gasteiger partial charge on any atom is -0.314 e. The van der Waals surface area contributed by atoms with Crippen molar-refractivity contribution in [3.8, 4) is 0 Å². The highest BCUT2D eigenvalue weighted by molar-refractivity contribution is 7.54. The smallest absolute Gasteiger partial charge is 0.314 e. The number of rotatable bonds is 9. The van der Waals surface area contributed by atoms with Crippen molar-refractivity contribution in [2.45, 2.75) is 27.7 Å². The summed E-state index contributed by atoms with van der Waals surface area (Å²) in [6.45, 7) is 9.96. The van der Waals surface area contributed by atoms with E-state index in [0.717, 1.165) is 0 Å². The maximum absolute atomic E-state index is 5.34. The van der Waals surface area contributed by atoms with Gasteiger partial charge in [0.2, 0.25) is 0 Å². The van der Waals surface area contributed by atoms with E-state index in [1.807, 2.05) is 27.7 Å². The zero-order valence-corrected chi connectivity index (χ0v) is 11.6. The van der Waals surface area contributed by atoms with Crippen LogP contribution in [0, 0.1) is 0 Å². The lowest BCUT2D eigenvalue weighted by atomic mass is 10.9. The summed E-state index contributed by atoms with van der Waals surface area (Å²) in [5.41, 5.74) is 0. The molecule has 0 saturated carbocycles. The summed E-state index contributed by atoms with van der Waals surface area (Å²) in [4.78, 5) is 0. The largest absolute Gasteiger partial charge is 0.568 e. The minimum absolute atomic E-state index is 0.580. The average molecular weight is 256 g/mol. The third-order valence-electron chi connectivity index (χ3n) is 1.10. The highest BCUT2D eigenvalue weighted by atomic mass is 31.2. The SMILES string of the molecule is CCOP(N=[P+](OCC)OCC)OCC. The molecule has 0 amide bonds. The first-order chi connectivity index (χ1) is 7.28. The van der Waals surface area contributed by atoms with Gasteiger partial charge < -0.3 is 9.05 Å². The molecule has 0 aromatic heterocycles. The third kappa shape index (κ3) is 8.21. The third-order valence-corrected chi connectivity index (χ3v) is 4.19. The molecule has 5 nitrogen and oxygen atoms in total. The molecular weight excluding hydrogens is 236 g/mol. The summed E-state index contributed by atoms with van der Waals surface area (Å²) in [5, 5.41) is 0. The van der Waals surface area contributed by atoms with Crippen LogP contribution >= 0.6 is 16.7 Å². The van der Waals surface area contributed by atoms with E-state index >= 15 is 0 Å². The lowest BCUT2D eigenvalue weighted by molar-refractivity contribution is 0.263. The van der Waals surface area contributed by atoms with Gasteiger partial charge in [0.25, 0.3) is 0 Å². The minimum atomic E-state index is -1.22. The fourth-order valence-corrected chi connectivity index (χ4v) is 3.02. The van der Waals surface area contributed by atoms with Gasteiger partial charge in [-0.05, 0) is 27.7 Å². The van der Waals surface area contributed by atoms with Crippen LogP contribution in [0.3, 0.4) is 0 Å². The first-order valence-corrected chi connectivity index (χ1v) is 7.37. The molecule has 0 aromatic carbocycles. The van der Waals surface area contributed by atoms with E-state index in [4.69, 9.17) is 18.1 Å². The van der Waals surface area contributed by atoms with Crippen LogP contribution < -0.4 is 0 Å². The van der Waals surface area contributed by atoms with Crippen LogP contribution in [-0.4, -0.2) is 26.4 Å². The summed E-state index contributed by atoms with van der Waals surface area (Å²) in [6, 6.07) is 0. The van der Waals surface area contributed by atoms with Crippen LogP contribution in [0.2, 0.25) is 0 Å². The second kappa shape index (κ2) is 10.9. The van der Waals surface area contributed by atoms with Crippen LogP contribution in [0.15, 0.2) is 4.52 Å². The van der Waals surface area contributed by atoms with E-state index in [2.05, 4.69) is 4.52 Å². The number of nitrogens with zero attached hydrogens (tertiary/aromatic N) is 1. The van der Waals surface area contributed by atoms with Crippen molar-refractivity contribution in [2.24, 2.45) is 4.52 Å². The summed E-state index contributed by atoms with van der Waals surface area (Å²) in [5.74, 6) is 0. The van der Waals surface area contributed by atoms with Crippen molar-refractivity contribution in [3.05, 3.63) is 0 Å². The van der Waals surface area contributed by atoms with E-state index < -0.39 is 16.7 Å². The fourth-order valence-electron chi connectivity index (χ4n) is 0.679. The Morgan fingerprint density at radius 2 is 1.33 bits per heavy atom. The van der Waals surface area contributed by atoms with Crippen LogP contribution in [0.4, 0.5) is 0 Å². The Balaban J connectivity index is 4.27. The van der Waals surface area contributed by atoms with E-state index in [0.29, 0.717) is 26.4 Å². The Kier molecular flexibility index (Phi) is 11.1. The lowest BCUT2D eigenvalue weighted by Gasteiger charge is -2.05. The summed E-state index contributed by atoms with van der Waals surface area (Å²) in [7, 11) is -2.44. The van der Waals surface area contributed by atoms with Crippen LogP contribution in [-0.2, 0) is 18.1 Å². The predicted octanol–water partition coefficient (Wildman–Crippen LogP) is 3.85. The van der Waals surface area contributed by atoms with Crippen molar-refractivity contribution in [1.82, 2.24) is 0 Å². The Morgan fingerprint density at radius 1 is 0.867 bits per heavy atom. The van der Waals surface area contributed by atoms with E-state index in [1.54, 1.807) is 0 Å². The first-order valence-electron chi connectivity index (χ1n) is 5.11. The number of hydrogen-bond donors (Lipinski definition) is 0. The van der Waals surface area contributed by atoms with Gasteiger partial charge >= 0.3 is 16.7 Å². The van der Waals surface area contributed by atoms with Crippen LogP contribution in [0.25, 0.3) is 0 Å². The van der Waals surface area contributed by atoms with Crippen molar-refractivity contribution in [2.75, 3.05) is 26.4 Å². The number of hydrogen-bond acceptors (Lipinski definition) is 5. The molecule has 0 heterocycles.